The van der Waals surface area contributed by atoms with Gasteiger partial charge < -0.3 is 10.4 Å². The zero-order valence-electron chi connectivity index (χ0n) is 8.49. The summed E-state index contributed by atoms with van der Waals surface area (Å²) in [5, 5.41) is 11.4. The molecule has 1 heterocycles. The number of carboxylic acid groups (broad SMARTS) is 1. The Bertz CT molecular complexity index is 242. The molecule has 1 aliphatic rings. The molecule has 0 aromatic rings. The van der Waals surface area contributed by atoms with Crippen LogP contribution in [0.4, 0.5) is 0 Å². The van der Waals surface area contributed by atoms with Gasteiger partial charge in [0.1, 0.15) is 0 Å². The van der Waals surface area contributed by atoms with Crippen molar-refractivity contribution in [3.8, 4) is 0 Å². The minimum Gasteiger partial charge on any atom is -0.481 e. The lowest BCUT2D eigenvalue weighted by atomic mass is 10.0. The number of rotatable bonds is 3. The third kappa shape index (κ3) is 2.23. The fourth-order valence-electron chi connectivity index (χ4n) is 1.82. The van der Waals surface area contributed by atoms with Crippen LogP contribution in [0, 0.1) is 5.92 Å². The smallest absolute Gasteiger partial charge is 0.308 e. The van der Waals surface area contributed by atoms with Crippen molar-refractivity contribution in [2.24, 2.45) is 5.92 Å². The Morgan fingerprint density at radius 1 is 1.57 bits per heavy atom. The highest BCUT2D eigenvalue weighted by molar-refractivity contribution is 5.78. The van der Waals surface area contributed by atoms with Crippen LogP contribution in [0.2, 0.25) is 0 Å². The van der Waals surface area contributed by atoms with E-state index in [1.54, 1.807) is 7.05 Å². The second kappa shape index (κ2) is 4.41. The summed E-state index contributed by atoms with van der Waals surface area (Å²) < 4.78 is 0. The van der Waals surface area contributed by atoms with Gasteiger partial charge in [-0.3, -0.25) is 14.5 Å². The van der Waals surface area contributed by atoms with Crippen molar-refractivity contribution in [2.75, 3.05) is 20.1 Å². The van der Waals surface area contributed by atoms with Crippen LogP contribution in [0.25, 0.3) is 0 Å². The monoisotopic (exact) mass is 200 g/mol. The first kappa shape index (κ1) is 11.0. The predicted octanol–water partition coefficient (Wildman–Crippen LogP) is -0.473. The number of nitrogens with zero attached hydrogens (tertiary/aromatic N) is 1. The maximum atomic E-state index is 11.1. The SMILES string of the molecule is CNC(=O)CN1CCC(C(=O)O)C1C. The zero-order chi connectivity index (χ0) is 10.7. The molecule has 14 heavy (non-hydrogen) atoms. The van der Waals surface area contributed by atoms with E-state index >= 15 is 0 Å². The number of hydrogen-bond donors (Lipinski definition) is 2. The number of carboxylic acids is 1. The lowest BCUT2D eigenvalue weighted by Crippen LogP contribution is -2.39. The minimum absolute atomic E-state index is 0.0511. The maximum Gasteiger partial charge on any atom is 0.308 e. The number of carbonyl (C=O) groups excluding carboxylic acids is 1. The van der Waals surface area contributed by atoms with E-state index in [4.69, 9.17) is 5.11 Å². The molecule has 1 saturated heterocycles. The molecule has 1 fully saturated rings. The van der Waals surface area contributed by atoms with Crippen LogP contribution in [-0.4, -0.2) is 48.1 Å². The normalized spacial score (nSPS) is 27.6. The van der Waals surface area contributed by atoms with Gasteiger partial charge in [-0.15, -0.1) is 0 Å². The van der Waals surface area contributed by atoms with E-state index in [2.05, 4.69) is 5.32 Å². The Balaban J connectivity index is 2.51. The average Bonchev–Trinajstić information content (AvgIpc) is 2.48. The molecule has 0 radical (unpaired) electrons. The van der Waals surface area contributed by atoms with Gasteiger partial charge in [0, 0.05) is 13.1 Å². The highest BCUT2D eigenvalue weighted by Gasteiger charge is 2.35. The highest BCUT2D eigenvalue weighted by atomic mass is 16.4. The molecule has 0 bridgehead atoms. The highest BCUT2D eigenvalue weighted by Crippen LogP contribution is 2.23. The van der Waals surface area contributed by atoms with Gasteiger partial charge in [-0.25, -0.2) is 0 Å². The Morgan fingerprint density at radius 3 is 2.64 bits per heavy atom. The summed E-state index contributed by atoms with van der Waals surface area (Å²) >= 11 is 0. The van der Waals surface area contributed by atoms with Gasteiger partial charge in [-0.2, -0.15) is 0 Å². The lowest BCUT2D eigenvalue weighted by Gasteiger charge is -2.21. The van der Waals surface area contributed by atoms with Gasteiger partial charge in [0.05, 0.1) is 12.5 Å². The molecule has 1 rings (SSSR count). The molecule has 2 N–H and O–H groups in total. The van der Waals surface area contributed by atoms with E-state index in [1.807, 2.05) is 11.8 Å². The van der Waals surface area contributed by atoms with Crippen molar-refractivity contribution in [1.82, 2.24) is 10.2 Å². The van der Waals surface area contributed by atoms with Crippen molar-refractivity contribution >= 4 is 11.9 Å². The fraction of sp³-hybridized carbons (Fsp3) is 0.778. The summed E-state index contributed by atoms with van der Waals surface area (Å²) in [6, 6.07) is -0.0511. The van der Waals surface area contributed by atoms with Crippen LogP contribution in [-0.2, 0) is 9.59 Å². The first-order valence-corrected chi connectivity index (χ1v) is 4.73. The van der Waals surface area contributed by atoms with Crippen molar-refractivity contribution in [2.45, 2.75) is 19.4 Å². The Hall–Kier alpha value is -1.10. The van der Waals surface area contributed by atoms with Crippen molar-refractivity contribution in [1.29, 1.82) is 0 Å². The number of hydrogen-bond acceptors (Lipinski definition) is 3. The fourth-order valence-corrected chi connectivity index (χ4v) is 1.82. The molecule has 0 aromatic carbocycles. The summed E-state index contributed by atoms with van der Waals surface area (Å²) in [6.45, 7) is 2.84. The standard InChI is InChI=1S/C9H16N2O3/c1-6-7(9(13)14)3-4-11(6)5-8(12)10-2/h6-7H,3-5H2,1-2H3,(H,10,12)(H,13,14). The Kier molecular flexibility index (Phi) is 3.46. The van der Waals surface area contributed by atoms with E-state index < -0.39 is 5.97 Å². The molecule has 2 unspecified atom stereocenters. The van der Waals surface area contributed by atoms with Gasteiger partial charge in [0.25, 0.3) is 0 Å². The molecule has 2 atom stereocenters. The molecule has 80 valence electrons. The zero-order valence-corrected chi connectivity index (χ0v) is 8.49. The van der Waals surface area contributed by atoms with Gasteiger partial charge in [0.15, 0.2) is 0 Å². The van der Waals surface area contributed by atoms with Crippen LogP contribution >= 0.6 is 0 Å². The van der Waals surface area contributed by atoms with Crippen LogP contribution in [0.1, 0.15) is 13.3 Å². The molecule has 1 aliphatic heterocycles. The maximum absolute atomic E-state index is 11.1. The molecule has 5 nitrogen and oxygen atoms in total. The first-order valence-electron chi connectivity index (χ1n) is 4.73. The molecule has 1 amide bonds. The quantitative estimate of drug-likeness (QED) is 0.646. The predicted molar refractivity (Wildman–Crippen MR) is 50.8 cm³/mol. The number of likely N-dealkylation sites (tertiary alicyclic amines) is 1. The Morgan fingerprint density at radius 2 is 2.21 bits per heavy atom. The minimum atomic E-state index is -0.767. The second-order valence-electron chi connectivity index (χ2n) is 3.62. The van der Waals surface area contributed by atoms with Crippen LogP contribution < -0.4 is 5.32 Å². The summed E-state index contributed by atoms with van der Waals surface area (Å²) in [6.07, 6.45) is 0.632. The molecular formula is C9H16N2O3. The van der Waals surface area contributed by atoms with Gasteiger partial charge >= 0.3 is 5.97 Å². The van der Waals surface area contributed by atoms with Crippen LogP contribution in [0.15, 0.2) is 0 Å². The van der Waals surface area contributed by atoms with Gasteiger partial charge in [0.2, 0.25) is 5.91 Å². The summed E-state index contributed by atoms with van der Waals surface area (Å²) in [7, 11) is 1.58. The van der Waals surface area contributed by atoms with Gasteiger partial charge in [-0.1, -0.05) is 0 Å². The van der Waals surface area contributed by atoms with E-state index in [-0.39, 0.29) is 17.9 Å². The molecule has 0 saturated carbocycles. The van der Waals surface area contributed by atoms with Crippen molar-refractivity contribution < 1.29 is 14.7 Å². The summed E-state index contributed by atoms with van der Waals surface area (Å²) in [5.41, 5.74) is 0. The largest absolute Gasteiger partial charge is 0.481 e. The second-order valence-corrected chi connectivity index (χ2v) is 3.62. The molecule has 0 aromatic heterocycles. The van der Waals surface area contributed by atoms with E-state index in [0.29, 0.717) is 19.5 Å². The number of carbonyl (C=O) groups is 2. The lowest BCUT2D eigenvalue weighted by molar-refractivity contribution is -0.142. The molecular weight excluding hydrogens is 184 g/mol. The molecule has 0 aliphatic carbocycles. The topological polar surface area (TPSA) is 69.6 Å². The average molecular weight is 200 g/mol. The Labute approximate surface area is 83.1 Å². The van der Waals surface area contributed by atoms with Crippen molar-refractivity contribution in [3.05, 3.63) is 0 Å². The number of amides is 1. The van der Waals surface area contributed by atoms with Crippen LogP contribution in [0.3, 0.4) is 0 Å². The van der Waals surface area contributed by atoms with E-state index in [1.165, 1.54) is 0 Å². The number of likely N-dealkylation sites (N-methyl/N-ethyl adjacent to an activating group) is 1. The first-order chi connectivity index (χ1) is 6.56. The third-order valence-corrected chi connectivity index (χ3v) is 2.83. The van der Waals surface area contributed by atoms with E-state index in [0.717, 1.165) is 0 Å². The molecule has 5 heteroatoms. The molecule has 0 spiro atoms. The number of nitrogens with one attached hydrogen (secondary N) is 1. The van der Waals surface area contributed by atoms with E-state index in [9.17, 15) is 9.59 Å². The van der Waals surface area contributed by atoms with Crippen LogP contribution in [0.5, 0.6) is 0 Å². The summed E-state index contributed by atoms with van der Waals surface area (Å²) in [4.78, 5) is 23.8. The van der Waals surface area contributed by atoms with Crippen molar-refractivity contribution in [3.63, 3.8) is 0 Å². The number of aliphatic carboxylic acids is 1. The third-order valence-electron chi connectivity index (χ3n) is 2.83. The van der Waals surface area contributed by atoms with Gasteiger partial charge in [-0.05, 0) is 19.9 Å². The summed E-state index contributed by atoms with van der Waals surface area (Å²) in [5.74, 6) is -1.17.